The van der Waals surface area contributed by atoms with Gasteiger partial charge in [-0.3, -0.25) is 0 Å². The molecule has 204 valence electrons. The maximum atomic E-state index is 12.7. The highest BCUT2D eigenvalue weighted by Gasteiger charge is 2.39. The van der Waals surface area contributed by atoms with Crippen LogP contribution >= 0.6 is 34.7 Å². The van der Waals surface area contributed by atoms with E-state index >= 15 is 0 Å². The fraction of sp³-hybridized carbons (Fsp3) is 0.103. The fourth-order valence-electron chi connectivity index (χ4n) is 5.07. The minimum atomic E-state index is -1.49. The van der Waals surface area contributed by atoms with E-state index in [1.165, 1.54) is 0 Å². The molecule has 0 saturated carbocycles. The molecule has 4 heterocycles. The van der Waals surface area contributed by atoms with Gasteiger partial charge in [-0.05, 0) is 41.0 Å². The van der Waals surface area contributed by atoms with Crippen LogP contribution in [0.2, 0.25) is 5.02 Å². The molecule has 1 atom stereocenters. The van der Waals surface area contributed by atoms with Crippen molar-refractivity contribution in [3.05, 3.63) is 129 Å². The summed E-state index contributed by atoms with van der Waals surface area (Å²) in [5.74, 6) is 1.27. The predicted molar refractivity (Wildman–Crippen MR) is 163 cm³/mol. The van der Waals surface area contributed by atoms with Crippen LogP contribution < -0.4 is 16.1 Å². The van der Waals surface area contributed by atoms with Crippen LogP contribution in [0.4, 0.5) is 5.69 Å². The Morgan fingerprint density at radius 3 is 2.68 bits per heavy atom. The van der Waals surface area contributed by atoms with Crippen LogP contribution in [-0.4, -0.2) is 31.3 Å². The van der Waals surface area contributed by atoms with Crippen molar-refractivity contribution in [3.8, 4) is 0 Å². The Morgan fingerprint density at radius 1 is 1.07 bits per heavy atom. The molecule has 0 radical (unpaired) electrons. The number of imidazole rings is 1. The van der Waals surface area contributed by atoms with Gasteiger partial charge >= 0.3 is 0 Å². The van der Waals surface area contributed by atoms with E-state index in [1.807, 2.05) is 77.8 Å². The third-order valence-electron chi connectivity index (χ3n) is 7.07. The monoisotopic (exact) mass is 598 g/mol. The van der Waals surface area contributed by atoms with E-state index in [2.05, 4.69) is 38.3 Å². The number of halogens is 1. The largest absolute Gasteiger partial charge is 0.374 e. The molecule has 12 heteroatoms. The summed E-state index contributed by atoms with van der Waals surface area (Å²) in [6.07, 6.45) is 5.21. The number of aliphatic imine (C=N–C) groups is 1. The molecule has 0 fully saturated rings. The number of thiazole rings is 1. The number of thioether (sulfide) groups is 1. The molecule has 0 spiro atoms. The number of hydrogen-bond acceptors (Lipinski definition) is 10. The minimum absolute atomic E-state index is 0.480. The number of fused-ring (bicyclic) bond motifs is 3. The lowest BCUT2D eigenvalue weighted by molar-refractivity contribution is 0.117. The molecule has 3 N–H and O–H groups in total. The second-order valence-corrected chi connectivity index (χ2v) is 12.1. The van der Waals surface area contributed by atoms with Crippen molar-refractivity contribution in [2.24, 2.45) is 17.1 Å². The highest BCUT2D eigenvalue weighted by molar-refractivity contribution is 8.00. The zero-order valence-corrected chi connectivity index (χ0v) is 24.1. The van der Waals surface area contributed by atoms with Crippen LogP contribution in [0.1, 0.15) is 33.5 Å². The standard InChI is InChI=1S/C29H23ClN8OS2/c1-37-17-31-15-25(37)29(39,20-7-5-18(6-8-20)16-41-28-32-11-12-40-28)21-9-10-24-23(14-21)26(19-3-2-4-22(30)13-19)33-27-34-35-36-38(24)27/h2-15,17,35-36,39H,16H2,1H3. The first-order chi connectivity index (χ1) is 20.0. The molecule has 0 bridgehead atoms. The average molecular weight is 599 g/mol. The van der Waals surface area contributed by atoms with Crippen LogP contribution in [0, 0.1) is 0 Å². The van der Waals surface area contributed by atoms with Crippen LogP contribution in [-0.2, 0) is 18.4 Å². The lowest BCUT2D eigenvalue weighted by atomic mass is 9.81. The molecular formula is C29H23ClN8OS2. The molecule has 1 unspecified atom stereocenters. The average Bonchev–Trinajstić information content (AvgIpc) is 3.78. The van der Waals surface area contributed by atoms with Gasteiger partial charge in [-0.15, -0.1) is 22.0 Å². The quantitative estimate of drug-likeness (QED) is 0.225. The second kappa shape index (κ2) is 10.4. The number of aryl methyl sites for hydroxylation is 1. The van der Waals surface area contributed by atoms with Crippen molar-refractivity contribution in [2.45, 2.75) is 15.7 Å². The molecule has 9 nitrogen and oxygen atoms in total. The van der Waals surface area contributed by atoms with Gasteiger partial charge in [-0.2, -0.15) is 0 Å². The molecule has 41 heavy (non-hydrogen) atoms. The molecule has 0 saturated heterocycles. The summed E-state index contributed by atoms with van der Waals surface area (Å²) in [6, 6.07) is 21.5. The predicted octanol–water partition coefficient (Wildman–Crippen LogP) is 5.06. The summed E-state index contributed by atoms with van der Waals surface area (Å²) in [5, 5.41) is 21.3. The molecule has 2 aliphatic heterocycles. The number of anilines is 1. The van der Waals surface area contributed by atoms with Crippen LogP contribution in [0.5, 0.6) is 0 Å². The van der Waals surface area contributed by atoms with Gasteiger partial charge in [0, 0.05) is 40.5 Å². The first-order valence-electron chi connectivity index (χ1n) is 12.7. The van der Waals surface area contributed by atoms with Crippen molar-refractivity contribution in [3.63, 3.8) is 0 Å². The number of hydrazone groups is 1. The molecule has 2 aromatic heterocycles. The Bertz CT molecular complexity index is 1800. The zero-order chi connectivity index (χ0) is 28.0. The Morgan fingerprint density at radius 2 is 1.93 bits per heavy atom. The molecule has 7 rings (SSSR count). The van der Waals surface area contributed by atoms with E-state index in [9.17, 15) is 5.11 Å². The Hall–Kier alpha value is -4.00. The number of benzene rings is 3. The third-order valence-corrected chi connectivity index (χ3v) is 9.34. The van der Waals surface area contributed by atoms with E-state index in [1.54, 1.807) is 40.6 Å². The van der Waals surface area contributed by atoms with Crippen molar-refractivity contribution >= 4 is 52.1 Å². The number of hydrazine groups is 2. The topological polar surface area (TPSA) is 103 Å². The normalized spacial score (nSPS) is 15.4. The Labute approximate surface area is 249 Å². The first-order valence-corrected chi connectivity index (χ1v) is 14.9. The van der Waals surface area contributed by atoms with Gasteiger partial charge in [0.05, 0.1) is 29.6 Å². The van der Waals surface area contributed by atoms with Gasteiger partial charge in [0.15, 0.2) is 5.60 Å². The first kappa shape index (κ1) is 25.9. The fourth-order valence-corrected chi connectivity index (χ4v) is 6.85. The minimum Gasteiger partial charge on any atom is -0.374 e. The van der Waals surface area contributed by atoms with Gasteiger partial charge < -0.3 is 9.67 Å². The number of aromatic nitrogens is 3. The Kier molecular flexibility index (Phi) is 6.60. The maximum Gasteiger partial charge on any atom is 0.265 e. The summed E-state index contributed by atoms with van der Waals surface area (Å²) >= 11 is 9.68. The molecule has 5 aromatic rings. The van der Waals surface area contributed by atoms with E-state index in [0.717, 1.165) is 38.0 Å². The summed E-state index contributed by atoms with van der Waals surface area (Å²) < 4.78 is 2.87. The van der Waals surface area contributed by atoms with Gasteiger partial charge in [0.25, 0.3) is 5.96 Å². The van der Waals surface area contributed by atoms with Crippen LogP contribution in [0.3, 0.4) is 0 Å². The number of hydrogen-bond donors (Lipinski definition) is 3. The van der Waals surface area contributed by atoms with Crippen molar-refractivity contribution < 1.29 is 5.11 Å². The number of guanidine groups is 1. The molecule has 0 amide bonds. The summed E-state index contributed by atoms with van der Waals surface area (Å²) in [6.45, 7) is 0. The number of rotatable bonds is 7. The SMILES string of the molecule is Cn1cncc1C(O)(c1ccc(CSc2nccs2)cc1)c1ccc2c(c1)C(c1cccc(Cl)c1)=NC1=NNNN12. The van der Waals surface area contributed by atoms with Gasteiger partial charge in [-0.1, -0.05) is 65.8 Å². The lowest BCUT2D eigenvalue weighted by Gasteiger charge is -2.32. The lowest BCUT2D eigenvalue weighted by Crippen LogP contribution is -2.43. The summed E-state index contributed by atoms with van der Waals surface area (Å²) in [4.78, 5) is 13.5. The van der Waals surface area contributed by atoms with Crippen LogP contribution in [0.25, 0.3) is 0 Å². The molecule has 0 aliphatic carbocycles. The highest BCUT2D eigenvalue weighted by atomic mass is 35.5. The molecule has 3 aromatic carbocycles. The van der Waals surface area contributed by atoms with Crippen molar-refractivity contribution in [1.82, 2.24) is 25.6 Å². The van der Waals surface area contributed by atoms with Crippen molar-refractivity contribution in [1.29, 1.82) is 0 Å². The summed E-state index contributed by atoms with van der Waals surface area (Å²) in [5.41, 5.74) is 10.7. The van der Waals surface area contributed by atoms with E-state index in [0.29, 0.717) is 28.0 Å². The van der Waals surface area contributed by atoms with Crippen LogP contribution in [0.15, 0.2) is 105 Å². The number of nitrogens with one attached hydrogen (secondary N) is 2. The Balaban J connectivity index is 1.33. The van der Waals surface area contributed by atoms with Gasteiger partial charge in [0.1, 0.15) is 4.34 Å². The zero-order valence-electron chi connectivity index (χ0n) is 21.7. The molecule has 2 aliphatic rings. The molecular weight excluding hydrogens is 576 g/mol. The smallest absolute Gasteiger partial charge is 0.265 e. The second-order valence-electron chi connectivity index (χ2n) is 9.56. The summed E-state index contributed by atoms with van der Waals surface area (Å²) in [7, 11) is 1.88. The van der Waals surface area contributed by atoms with Gasteiger partial charge in [-0.25, -0.2) is 25.5 Å². The maximum absolute atomic E-state index is 12.7. The van der Waals surface area contributed by atoms with E-state index in [-0.39, 0.29) is 0 Å². The number of aliphatic hydroxyl groups is 1. The van der Waals surface area contributed by atoms with Gasteiger partial charge in [0.2, 0.25) is 0 Å². The van der Waals surface area contributed by atoms with Crippen molar-refractivity contribution in [2.75, 3.05) is 5.01 Å². The van der Waals surface area contributed by atoms with E-state index in [4.69, 9.17) is 16.6 Å². The third kappa shape index (κ3) is 4.61. The number of nitrogens with zero attached hydrogens (tertiary/aromatic N) is 6. The highest BCUT2D eigenvalue weighted by Crippen LogP contribution is 2.40. The van der Waals surface area contributed by atoms with E-state index < -0.39 is 5.60 Å².